The lowest BCUT2D eigenvalue weighted by molar-refractivity contribution is -0.137. The first-order valence-corrected chi connectivity index (χ1v) is 9.50. The number of pyridine rings is 1. The van der Waals surface area contributed by atoms with Crippen LogP contribution >= 0.6 is 0 Å². The lowest BCUT2D eigenvalue weighted by Gasteiger charge is -2.17. The predicted octanol–water partition coefficient (Wildman–Crippen LogP) is 3.29. The highest BCUT2D eigenvalue weighted by atomic mass is 32.2. The molecule has 0 fully saturated rings. The minimum atomic E-state index is -4.49. The molecule has 2 aromatic heterocycles. The minimum Gasteiger partial charge on any atom is -0.338 e. The molecule has 0 saturated carbocycles. The molecule has 0 atom stereocenters. The van der Waals surface area contributed by atoms with Crippen molar-refractivity contribution < 1.29 is 21.6 Å². The van der Waals surface area contributed by atoms with E-state index in [4.69, 9.17) is 5.14 Å². The number of anilines is 2. The zero-order valence-electron chi connectivity index (χ0n) is 14.8. The average molecular weight is 411 g/mol. The standard InChI is InChI=1S/C17H16F3N5O2S/c1-10-7-23-25(9-10)16-11(2)14(28(21,26)27)5-4-13(16)24-15-6-3-12(8-22-15)17(18,19)20/h3-9H,1-2H3,(H,22,24)(H2,21,26,27). The molecule has 11 heteroatoms. The highest BCUT2D eigenvalue weighted by molar-refractivity contribution is 7.89. The van der Waals surface area contributed by atoms with Crippen molar-refractivity contribution >= 4 is 21.5 Å². The van der Waals surface area contributed by atoms with Gasteiger partial charge in [0.2, 0.25) is 10.0 Å². The summed E-state index contributed by atoms with van der Waals surface area (Å²) in [5, 5.41) is 12.4. The lowest BCUT2D eigenvalue weighted by atomic mass is 10.1. The molecule has 0 radical (unpaired) electrons. The second-order valence-corrected chi connectivity index (χ2v) is 7.68. The fraction of sp³-hybridized carbons (Fsp3) is 0.176. The van der Waals surface area contributed by atoms with E-state index >= 15 is 0 Å². The average Bonchev–Trinajstić information content (AvgIpc) is 2.99. The van der Waals surface area contributed by atoms with Crippen molar-refractivity contribution in [1.82, 2.24) is 14.8 Å². The molecule has 0 aliphatic rings. The molecule has 3 aromatic rings. The van der Waals surface area contributed by atoms with Gasteiger partial charge in [0.1, 0.15) is 5.82 Å². The summed E-state index contributed by atoms with van der Waals surface area (Å²) in [6.45, 7) is 3.38. The Morgan fingerprint density at radius 2 is 1.82 bits per heavy atom. The number of sulfonamides is 1. The number of halogens is 3. The maximum absolute atomic E-state index is 12.7. The van der Waals surface area contributed by atoms with Crippen LogP contribution in [0, 0.1) is 13.8 Å². The molecule has 3 N–H and O–H groups in total. The Labute approximate surface area is 159 Å². The van der Waals surface area contributed by atoms with Crippen molar-refractivity contribution in [1.29, 1.82) is 0 Å². The fourth-order valence-corrected chi connectivity index (χ4v) is 3.48. The number of aromatic nitrogens is 3. The van der Waals surface area contributed by atoms with Crippen LogP contribution in [0.15, 0.2) is 47.8 Å². The summed E-state index contributed by atoms with van der Waals surface area (Å²) in [7, 11) is -3.98. The van der Waals surface area contributed by atoms with Crippen LogP contribution < -0.4 is 10.5 Å². The van der Waals surface area contributed by atoms with Gasteiger partial charge in [-0.25, -0.2) is 23.2 Å². The number of hydrogen-bond donors (Lipinski definition) is 2. The first-order chi connectivity index (χ1) is 13.0. The first-order valence-electron chi connectivity index (χ1n) is 7.95. The van der Waals surface area contributed by atoms with Crippen molar-refractivity contribution in [3.63, 3.8) is 0 Å². The molecule has 0 spiro atoms. The molecule has 7 nitrogen and oxygen atoms in total. The van der Waals surface area contributed by atoms with E-state index in [0.29, 0.717) is 23.1 Å². The Bertz CT molecular complexity index is 1120. The fourth-order valence-electron chi connectivity index (χ4n) is 2.69. The zero-order chi connectivity index (χ0) is 20.7. The van der Waals surface area contributed by atoms with Crippen molar-refractivity contribution in [2.45, 2.75) is 24.9 Å². The molecule has 1 aromatic carbocycles. The molecule has 2 heterocycles. The Balaban J connectivity index is 2.09. The summed E-state index contributed by atoms with van der Waals surface area (Å²) in [5.41, 5.74) is 1.09. The van der Waals surface area contributed by atoms with Gasteiger partial charge in [-0.3, -0.25) is 0 Å². The van der Waals surface area contributed by atoms with Crippen LogP contribution in [-0.2, 0) is 16.2 Å². The molecular formula is C17H16F3N5O2S. The summed E-state index contributed by atoms with van der Waals surface area (Å²) in [5.74, 6) is 0.154. The Morgan fingerprint density at radius 1 is 1.11 bits per heavy atom. The van der Waals surface area contributed by atoms with Crippen molar-refractivity contribution in [3.05, 3.63) is 59.5 Å². The van der Waals surface area contributed by atoms with Crippen LogP contribution in [0.4, 0.5) is 24.7 Å². The van der Waals surface area contributed by atoms with Crippen molar-refractivity contribution in [2.75, 3.05) is 5.32 Å². The smallest absolute Gasteiger partial charge is 0.338 e. The molecule has 0 unspecified atom stereocenters. The van der Waals surface area contributed by atoms with E-state index in [-0.39, 0.29) is 10.7 Å². The Hall–Kier alpha value is -2.92. The SMILES string of the molecule is Cc1cnn(-c2c(Nc3ccc(C(F)(F)F)cn3)ccc(S(N)(=O)=O)c2C)c1. The molecule has 0 aliphatic heterocycles. The molecule has 0 saturated heterocycles. The number of primary sulfonamides is 1. The summed E-state index contributed by atoms with van der Waals surface area (Å²) in [6.07, 6.45) is -0.507. The summed E-state index contributed by atoms with van der Waals surface area (Å²) < 4.78 is 63.3. The zero-order valence-corrected chi connectivity index (χ0v) is 15.6. The van der Waals surface area contributed by atoms with E-state index in [1.165, 1.54) is 22.9 Å². The molecular weight excluding hydrogens is 395 g/mol. The topological polar surface area (TPSA) is 103 Å². The van der Waals surface area contributed by atoms with E-state index in [2.05, 4.69) is 15.4 Å². The highest BCUT2D eigenvalue weighted by Gasteiger charge is 2.30. The highest BCUT2D eigenvalue weighted by Crippen LogP contribution is 2.32. The largest absolute Gasteiger partial charge is 0.417 e. The van der Waals surface area contributed by atoms with Gasteiger partial charge >= 0.3 is 6.18 Å². The number of nitrogens with two attached hydrogens (primary N) is 1. The van der Waals surface area contributed by atoms with E-state index in [1.54, 1.807) is 19.3 Å². The third-order valence-electron chi connectivity index (χ3n) is 3.98. The van der Waals surface area contributed by atoms with Gasteiger partial charge in [-0.1, -0.05) is 0 Å². The molecule has 148 valence electrons. The third-order valence-corrected chi connectivity index (χ3v) is 5.04. The van der Waals surface area contributed by atoms with E-state index in [0.717, 1.165) is 11.6 Å². The number of nitrogens with one attached hydrogen (secondary N) is 1. The van der Waals surface area contributed by atoms with Gasteiger partial charge in [-0.2, -0.15) is 18.3 Å². The van der Waals surface area contributed by atoms with Gasteiger partial charge < -0.3 is 5.32 Å². The van der Waals surface area contributed by atoms with Crippen molar-refractivity contribution in [3.8, 4) is 5.69 Å². The third kappa shape index (κ3) is 3.99. The van der Waals surface area contributed by atoms with Crippen LogP contribution in [0.25, 0.3) is 5.69 Å². The Kier molecular flexibility index (Phi) is 4.90. The van der Waals surface area contributed by atoms with Gasteiger partial charge in [0, 0.05) is 12.4 Å². The van der Waals surface area contributed by atoms with E-state index in [9.17, 15) is 21.6 Å². The summed E-state index contributed by atoms with van der Waals surface area (Å²) in [6, 6.07) is 4.86. The van der Waals surface area contributed by atoms with Crippen LogP contribution in [0.3, 0.4) is 0 Å². The second-order valence-electron chi connectivity index (χ2n) is 6.15. The van der Waals surface area contributed by atoms with Crippen LogP contribution in [0.2, 0.25) is 0 Å². The quantitative estimate of drug-likeness (QED) is 0.686. The molecule has 0 amide bonds. The van der Waals surface area contributed by atoms with Crippen LogP contribution in [0.1, 0.15) is 16.7 Å². The maximum atomic E-state index is 12.7. The maximum Gasteiger partial charge on any atom is 0.417 e. The minimum absolute atomic E-state index is 0.0819. The lowest BCUT2D eigenvalue weighted by Crippen LogP contribution is -2.16. The van der Waals surface area contributed by atoms with Crippen molar-refractivity contribution in [2.24, 2.45) is 5.14 Å². The monoisotopic (exact) mass is 411 g/mol. The summed E-state index contributed by atoms with van der Waals surface area (Å²) >= 11 is 0. The molecule has 3 rings (SSSR count). The van der Waals surface area contributed by atoms with Crippen LogP contribution in [0.5, 0.6) is 0 Å². The van der Waals surface area contributed by atoms with E-state index < -0.39 is 21.8 Å². The normalized spacial score (nSPS) is 12.2. The van der Waals surface area contributed by atoms with E-state index in [1.807, 2.05) is 6.92 Å². The van der Waals surface area contributed by atoms with Gasteiger partial charge in [0.25, 0.3) is 0 Å². The number of aryl methyl sites for hydroxylation is 1. The number of alkyl halides is 3. The number of nitrogens with zero attached hydrogens (tertiary/aromatic N) is 3. The summed E-state index contributed by atoms with van der Waals surface area (Å²) in [4.78, 5) is 3.70. The van der Waals surface area contributed by atoms with Gasteiger partial charge in [0.05, 0.1) is 28.0 Å². The number of hydrogen-bond acceptors (Lipinski definition) is 5. The van der Waals surface area contributed by atoms with Crippen LogP contribution in [-0.4, -0.2) is 23.2 Å². The number of rotatable bonds is 4. The molecule has 0 aliphatic carbocycles. The predicted molar refractivity (Wildman–Crippen MR) is 96.9 cm³/mol. The Morgan fingerprint density at radius 3 is 2.32 bits per heavy atom. The van der Waals surface area contributed by atoms with Gasteiger partial charge in [-0.15, -0.1) is 0 Å². The van der Waals surface area contributed by atoms with Gasteiger partial charge in [-0.05, 0) is 49.2 Å². The molecule has 0 bridgehead atoms. The first kappa shape index (κ1) is 19.8. The van der Waals surface area contributed by atoms with Gasteiger partial charge in [0.15, 0.2) is 0 Å². The number of benzene rings is 1. The molecule has 28 heavy (non-hydrogen) atoms. The second kappa shape index (κ2) is 6.91.